The summed E-state index contributed by atoms with van der Waals surface area (Å²) >= 11 is 0. The van der Waals surface area contributed by atoms with E-state index in [4.69, 9.17) is 4.42 Å². The Kier molecular flexibility index (Phi) is 4.31. The van der Waals surface area contributed by atoms with Gasteiger partial charge in [-0.15, -0.1) is 0 Å². The molecule has 0 bridgehead atoms. The highest BCUT2D eigenvalue weighted by Crippen LogP contribution is 2.15. The van der Waals surface area contributed by atoms with Crippen LogP contribution in [-0.4, -0.2) is 19.6 Å². The van der Waals surface area contributed by atoms with Crippen LogP contribution in [0.1, 0.15) is 28.8 Å². The highest BCUT2D eigenvalue weighted by atomic mass is 16.5. The van der Waals surface area contributed by atoms with Crippen molar-refractivity contribution in [2.45, 2.75) is 20.4 Å². The average Bonchev–Trinajstić information content (AvgIpc) is 2.58. The van der Waals surface area contributed by atoms with Gasteiger partial charge in [-0.1, -0.05) is 12.2 Å². The van der Waals surface area contributed by atoms with Crippen LogP contribution in [0.15, 0.2) is 22.6 Å². The first-order chi connectivity index (χ1) is 7.54. The molecule has 0 aliphatic rings. The molecule has 0 unspecified atom stereocenters. The minimum absolute atomic E-state index is 0.368. The van der Waals surface area contributed by atoms with Crippen LogP contribution in [0, 0.1) is 6.92 Å². The Bertz CT molecular complexity index is 393. The van der Waals surface area contributed by atoms with E-state index >= 15 is 0 Å². The fourth-order valence-corrected chi connectivity index (χ4v) is 1.34. The summed E-state index contributed by atoms with van der Waals surface area (Å²) in [5, 5.41) is 3.15. The molecule has 1 heterocycles. The number of carbonyl (C=O) groups is 1. The fourth-order valence-electron chi connectivity index (χ4n) is 1.34. The van der Waals surface area contributed by atoms with Gasteiger partial charge in [0.1, 0.15) is 17.1 Å². The normalized spacial score (nSPS) is 10.2. The molecule has 0 aliphatic carbocycles. The first-order valence-electron chi connectivity index (χ1n) is 5.07. The lowest BCUT2D eigenvalue weighted by molar-refractivity contribution is 0.0599. The van der Waals surface area contributed by atoms with Crippen molar-refractivity contribution in [2.75, 3.05) is 13.7 Å². The molecule has 0 aliphatic heterocycles. The third kappa shape index (κ3) is 3.24. The van der Waals surface area contributed by atoms with Crippen LogP contribution in [0.2, 0.25) is 0 Å². The van der Waals surface area contributed by atoms with E-state index in [1.54, 1.807) is 13.0 Å². The van der Waals surface area contributed by atoms with E-state index in [2.05, 4.69) is 16.6 Å². The molecule has 0 radical (unpaired) electrons. The van der Waals surface area contributed by atoms with Crippen LogP contribution in [0.25, 0.3) is 0 Å². The Morgan fingerprint density at radius 3 is 2.88 bits per heavy atom. The largest absolute Gasteiger partial charge is 0.465 e. The molecule has 88 valence electrons. The molecule has 1 aromatic rings. The molecular weight excluding hydrogens is 206 g/mol. The van der Waals surface area contributed by atoms with Crippen molar-refractivity contribution in [1.82, 2.24) is 5.32 Å². The molecule has 16 heavy (non-hydrogen) atoms. The van der Waals surface area contributed by atoms with Gasteiger partial charge in [-0.2, -0.15) is 0 Å². The number of ether oxygens (including phenoxy) is 1. The quantitative estimate of drug-likeness (QED) is 0.613. The first kappa shape index (κ1) is 12.5. The Labute approximate surface area is 95.3 Å². The zero-order valence-electron chi connectivity index (χ0n) is 9.92. The minimum atomic E-state index is -0.368. The van der Waals surface area contributed by atoms with Crippen LogP contribution in [0.3, 0.4) is 0 Å². The van der Waals surface area contributed by atoms with E-state index in [0.29, 0.717) is 17.9 Å². The van der Waals surface area contributed by atoms with E-state index in [0.717, 1.165) is 17.9 Å². The number of furan rings is 1. The lowest BCUT2D eigenvalue weighted by atomic mass is 10.2. The van der Waals surface area contributed by atoms with Gasteiger partial charge in [-0.05, 0) is 19.9 Å². The van der Waals surface area contributed by atoms with E-state index in [1.165, 1.54) is 7.11 Å². The van der Waals surface area contributed by atoms with Crippen molar-refractivity contribution in [1.29, 1.82) is 0 Å². The smallest absolute Gasteiger partial charge is 0.341 e. The average molecular weight is 223 g/mol. The number of hydrogen-bond acceptors (Lipinski definition) is 4. The third-order valence-corrected chi connectivity index (χ3v) is 2.10. The predicted molar refractivity (Wildman–Crippen MR) is 61.3 cm³/mol. The SMILES string of the molecule is C=C(C)CNCc1cc(C(=O)OC)c(C)o1. The number of carbonyl (C=O) groups excluding carboxylic acids is 1. The molecule has 0 spiro atoms. The number of hydrogen-bond donors (Lipinski definition) is 1. The summed E-state index contributed by atoms with van der Waals surface area (Å²) in [6, 6.07) is 1.70. The van der Waals surface area contributed by atoms with Crippen LogP contribution in [0.4, 0.5) is 0 Å². The van der Waals surface area contributed by atoms with Crippen LogP contribution in [0.5, 0.6) is 0 Å². The van der Waals surface area contributed by atoms with Crippen molar-refractivity contribution < 1.29 is 13.9 Å². The van der Waals surface area contributed by atoms with Gasteiger partial charge in [0.2, 0.25) is 0 Å². The second-order valence-corrected chi connectivity index (χ2v) is 3.73. The van der Waals surface area contributed by atoms with Gasteiger partial charge in [-0.25, -0.2) is 4.79 Å². The molecular formula is C12H17NO3. The number of nitrogens with one attached hydrogen (secondary N) is 1. The molecule has 0 saturated carbocycles. The van der Waals surface area contributed by atoms with Gasteiger partial charge < -0.3 is 14.5 Å². The predicted octanol–water partition coefficient (Wildman–Crippen LogP) is 2.04. The standard InChI is InChI=1S/C12H17NO3/c1-8(2)6-13-7-10-5-11(9(3)16-10)12(14)15-4/h5,13H,1,6-7H2,2-4H3. The highest BCUT2D eigenvalue weighted by molar-refractivity contribution is 5.90. The number of methoxy groups -OCH3 is 1. The van der Waals surface area contributed by atoms with Gasteiger partial charge in [0.25, 0.3) is 0 Å². The first-order valence-corrected chi connectivity index (χ1v) is 5.07. The summed E-state index contributed by atoms with van der Waals surface area (Å²) in [6.07, 6.45) is 0. The Balaban J connectivity index is 2.62. The van der Waals surface area contributed by atoms with Crippen molar-refractivity contribution in [2.24, 2.45) is 0 Å². The van der Waals surface area contributed by atoms with Crippen molar-refractivity contribution in [3.63, 3.8) is 0 Å². The lowest BCUT2D eigenvalue weighted by Gasteiger charge is -2.00. The van der Waals surface area contributed by atoms with Crippen molar-refractivity contribution in [3.8, 4) is 0 Å². The second-order valence-electron chi connectivity index (χ2n) is 3.73. The molecule has 0 aromatic carbocycles. The van der Waals surface area contributed by atoms with Crippen LogP contribution >= 0.6 is 0 Å². The molecule has 1 rings (SSSR count). The van der Waals surface area contributed by atoms with Crippen LogP contribution in [-0.2, 0) is 11.3 Å². The molecule has 0 amide bonds. The molecule has 4 nitrogen and oxygen atoms in total. The summed E-state index contributed by atoms with van der Waals surface area (Å²) < 4.78 is 10.1. The molecule has 0 atom stereocenters. The topological polar surface area (TPSA) is 51.5 Å². The molecule has 1 N–H and O–H groups in total. The van der Waals surface area contributed by atoms with Gasteiger partial charge in [0.15, 0.2) is 0 Å². The maximum absolute atomic E-state index is 11.3. The van der Waals surface area contributed by atoms with Crippen molar-refractivity contribution >= 4 is 5.97 Å². The maximum Gasteiger partial charge on any atom is 0.341 e. The van der Waals surface area contributed by atoms with Gasteiger partial charge >= 0.3 is 5.97 Å². The van der Waals surface area contributed by atoms with Gasteiger partial charge in [-0.3, -0.25) is 0 Å². The summed E-state index contributed by atoms with van der Waals surface area (Å²) in [4.78, 5) is 11.3. The number of aryl methyl sites for hydroxylation is 1. The zero-order valence-corrected chi connectivity index (χ0v) is 9.92. The summed E-state index contributed by atoms with van der Waals surface area (Å²) in [5.41, 5.74) is 1.53. The number of esters is 1. The monoisotopic (exact) mass is 223 g/mol. The van der Waals surface area contributed by atoms with E-state index in [1.807, 2.05) is 6.92 Å². The second kappa shape index (κ2) is 5.51. The summed E-state index contributed by atoms with van der Waals surface area (Å²) in [7, 11) is 1.35. The summed E-state index contributed by atoms with van der Waals surface area (Å²) in [6.45, 7) is 8.78. The minimum Gasteiger partial charge on any atom is -0.465 e. The zero-order chi connectivity index (χ0) is 12.1. The molecule has 4 heteroatoms. The Morgan fingerprint density at radius 2 is 2.31 bits per heavy atom. The Hall–Kier alpha value is -1.55. The molecule has 0 fully saturated rings. The van der Waals surface area contributed by atoms with Gasteiger partial charge in [0.05, 0.1) is 13.7 Å². The van der Waals surface area contributed by atoms with E-state index in [9.17, 15) is 4.79 Å². The third-order valence-electron chi connectivity index (χ3n) is 2.10. The maximum atomic E-state index is 11.3. The molecule has 1 aromatic heterocycles. The van der Waals surface area contributed by atoms with E-state index < -0.39 is 0 Å². The van der Waals surface area contributed by atoms with E-state index in [-0.39, 0.29) is 5.97 Å². The van der Waals surface area contributed by atoms with Crippen molar-refractivity contribution in [3.05, 3.63) is 35.3 Å². The number of rotatable bonds is 5. The highest BCUT2D eigenvalue weighted by Gasteiger charge is 2.14. The molecule has 0 saturated heterocycles. The summed E-state index contributed by atoms with van der Waals surface area (Å²) in [5.74, 6) is 0.936. The fraction of sp³-hybridized carbons (Fsp3) is 0.417. The Morgan fingerprint density at radius 1 is 1.62 bits per heavy atom. The lowest BCUT2D eigenvalue weighted by Crippen LogP contribution is -2.14. The van der Waals surface area contributed by atoms with Gasteiger partial charge in [0, 0.05) is 6.54 Å². The van der Waals surface area contributed by atoms with Crippen LogP contribution < -0.4 is 5.32 Å².